The minimum atomic E-state index is -0.310. The molecule has 0 bridgehead atoms. The molecule has 1 saturated heterocycles. The SMILES string of the molecule is Cc1ccn2c(=O)c(C(=O)N3CCNC[C@H]3C)cnc2c1.Cl. The fourth-order valence-corrected chi connectivity index (χ4v) is 2.62. The van der Waals surface area contributed by atoms with E-state index in [0.717, 1.165) is 18.7 Å². The van der Waals surface area contributed by atoms with E-state index < -0.39 is 0 Å². The smallest absolute Gasteiger partial charge is 0.270 e. The van der Waals surface area contributed by atoms with Crippen molar-refractivity contribution in [2.75, 3.05) is 19.6 Å². The molecule has 0 radical (unpaired) electrons. The number of nitrogens with one attached hydrogen (secondary N) is 1. The molecule has 0 aliphatic carbocycles. The molecule has 3 heterocycles. The van der Waals surface area contributed by atoms with E-state index in [9.17, 15) is 9.59 Å². The van der Waals surface area contributed by atoms with Crippen LogP contribution in [0.4, 0.5) is 0 Å². The Hall–Kier alpha value is -1.92. The number of pyridine rings is 1. The zero-order chi connectivity index (χ0) is 15.0. The summed E-state index contributed by atoms with van der Waals surface area (Å²) in [5, 5.41) is 3.23. The first-order chi connectivity index (χ1) is 10.1. The van der Waals surface area contributed by atoms with Crippen molar-refractivity contribution in [3.05, 3.63) is 46.0 Å². The summed E-state index contributed by atoms with van der Waals surface area (Å²) in [6.07, 6.45) is 3.06. The average molecular weight is 323 g/mol. The number of amides is 1. The van der Waals surface area contributed by atoms with Gasteiger partial charge in [-0.05, 0) is 31.5 Å². The molecule has 1 aliphatic rings. The van der Waals surface area contributed by atoms with Crippen molar-refractivity contribution >= 4 is 24.0 Å². The Balaban J connectivity index is 0.00000176. The molecule has 1 aliphatic heterocycles. The van der Waals surface area contributed by atoms with Crippen LogP contribution in [0.1, 0.15) is 22.8 Å². The molecule has 1 atom stereocenters. The molecule has 3 rings (SSSR count). The Morgan fingerprint density at radius 3 is 2.95 bits per heavy atom. The van der Waals surface area contributed by atoms with E-state index >= 15 is 0 Å². The molecular weight excluding hydrogens is 304 g/mol. The van der Waals surface area contributed by atoms with Gasteiger partial charge in [0.2, 0.25) is 0 Å². The highest BCUT2D eigenvalue weighted by Crippen LogP contribution is 2.08. The predicted octanol–water partition coefficient (Wildman–Crippen LogP) is 0.859. The summed E-state index contributed by atoms with van der Waals surface area (Å²) in [6.45, 7) is 6.01. The summed E-state index contributed by atoms with van der Waals surface area (Å²) >= 11 is 0. The van der Waals surface area contributed by atoms with E-state index in [4.69, 9.17) is 0 Å². The molecule has 0 unspecified atom stereocenters. The first-order valence-corrected chi connectivity index (χ1v) is 7.07. The lowest BCUT2D eigenvalue weighted by Crippen LogP contribution is -2.53. The molecule has 118 valence electrons. The molecule has 2 aromatic heterocycles. The van der Waals surface area contributed by atoms with Crippen LogP contribution in [0, 0.1) is 6.92 Å². The minimum Gasteiger partial charge on any atom is -0.333 e. The van der Waals surface area contributed by atoms with Crippen molar-refractivity contribution in [3.63, 3.8) is 0 Å². The third-order valence-corrected chi connectivity index (χ3v) is 3.86. The summed E-state index contributed by atoms with van der Waals surface area (Å²) in [5.41, 5.74) is 1.41. The van der Waals surface area contributed by atoms with Gasteiger partial charge in [0.25, 0.3) is 11.5 Å². The monoisotopic (exact) mass is 322 g/mol. The van der Waals surface area contributed by atoms with Gasteiger partial charge in [-0.15, -0.1) is 12.4 Å². The van der Waals surface area contributed by atoms with Gasteiger partial charge in [-0.2, -0.15) is 0 Å². The van der Waals surface area contributed by atoms with Gasteiger partial charge in [0.1, 0.15) is 11.2 Å². The van der Waals surface area contributed by atoms with Gasteiger partial charge in [0.15, 0.2) is 0 Å². The molecule has 7 heteroatoms. The second kappa shape index (κ2) is 6.46. The van der Waals surface area contributed by atoms with E-state index in [-0.39, 0.29) is 35.5 Å². The number of hydrogen-bond donors (Lipinski definition) is 1. The Labute approximate surface area is 134 Å². The predicted molar refractivity (Wildman–Crippen MR) is 86.8 cm³/mol. The molecule has 1 fully saturated rings. The summed E-state index contributed by atoms with van der Waals surface area (Å²) in [5.74, 6) is -0.239. The van der Waals surface area contributed by atoms with Gasteiger partial charge >= 0.3 is 0 Å². The maximum atomic E-state index is 12.6. The zero-order valence-electron chi connectivity index (χ0n) is 12.6. The van der Waals surface area contributed by atoms with Gasteiger partial charge in [-0.3, -0.25) is 14.0 Å². The first-order valence-electron chi connectivity index (χ1n) is 7.07. The Morgan fingerprint density at radius 2 is 2.23 bits per heavy atom. The van der Waals surface area contributed by atoms with E-state index in [1.165, 1.54) is 10.6 Å². The quantitative estimate of drug-likeness (QED) is 0.845. The summed E-state index contributed by atoms with van der Waals surface area (Å²) in [4.78, 5) is 31.1. The lowest BCUT2D eigenvalue weighted by Gasteiger charge is -2.33. The van der Waals surface area contributed by atoms with Crippen LogP contribution < -0.4 is 10.9 Å². The topological polar surface area (TPSA) is 66.7 Å². The van der Waals surface area contributed by atoms with Gasteiger partial charge in [-0.25, -0.2) is 4.98 Å². The number of hydrogen-bond acceptors (Lipinski definition) is 4. The van der Waals surface area contributed by atoms with Gasteiger partial charge < -0.3 is 10.2 Å². The molecule has 0 aromatic carbocycles. The molecule has 2 aromatic rings. The normalized spacial score (nSPS) is 18.1. The van der Waals surface area contributed by atoms with Crippen LogP contribution in [0.5, 0.6) is 0 Å². The second-order valence-electron chi connectivity index (χ2n) is 5.46. The Bertz CT molecular complexity index is 759. The number of aromatic nitrogens is 2. The molecule has 1 amide bonds. The van der Waals surface area contributed by atoms with Gasteiger partial charge in [0.05, 0.1) is 0 Å². The summed E-state index contributed by atoms with van der Waals surface area (Å²) < 4.78 is 1.42. The zero-order valence-corrected chi connectivity index (χ0v) is 13.4. The molecule has 1 N–H and O–H groups in total. The van der Waals surface area contributed by atoms with Crippen LogP contribution in [0.15, 0.2) is 29.3 Å². The van der Waals surface area contributed by atoms with Crippen LogP contribution in [-0.2, 0) is 0 Å². The molecular formula is C15H19ClN4O2. The van der Waals surface area contributed by atoms with Crippen molar-refractivity contribution in [1.29, 1.82) is 0 Å². The Morgan fingerprint density at radius 1 is 1.45 bits per heavy atom. The molecule has 22 heavy (non-hydrogen) atoms. The molecule has 0 saturated carbocycles. The lowest BCUT2D eigenvalue weighted by molar-refractivity contribution is 0.0653. The number of halogens is 1. The number of nitrogens with zero attached hydrogens (tertiary/aromatic N) is 3. The third kappa shape index (κ3) is 2.84. The number of carbonyl (C=O) groups excluding carboxylic acids is 1. The van der Waals surface area contributed by atoms with Crippen LogP contribution in [0.3, 0.4) is 0 Å². The number of aryl methyl sites for hydroxylation is 1. The van der Waals surface area contributed by atoms with Crippen molar-refractivity contribution in [3.8, 4) is 0 Å². The largest absolute Gasteiger partial charge is 0.333 e. The second-order valence-corrected chi connectivity index (χ2v) is 5.46. The average Bonchev–Trinajstić information content (AvgIpc) is 2.47. The van der Waals surface area contributed by atoms with E-state index in [1.54, 1.807) is 11.1 Å². The number of carbonyl (C=O) groups is 1. The van der Waals surface area contributed by atoms with E-state index in [1.807, 2.05) is 26.0 Å². The summed E-state index contributed by atoms with van der Waals surface area (Å²) in [6, 6.07) is 3.73. The highest BCUT2D eigenvalue weighted by molar-refractivity contribution is 5.94. The fraction of sp³-hybridized carbons (Fsp3) is 0.400. The Kier molecular flexibility index (Phi) is 4.83. The fourth-order valence-electron chi connectivity index (χ4n) is 2.62. The standard InChI is InChI=1S/C15H18N4O2.ClH/c1-10-3-5-19-13(7-10)17-9-12(15(19)21)14(20)18-6-4-16-8-11(18)2;/h3,5,7,9,11,16H,4,6,8H2,1-2H3;1H/t11-;/m1./s1. The number of piperazine rings is 1. The van der Waals surface area contributed by atoms with Crippen molar-refractivity contribution in [1.82, 2.24) is 19.6 Å². The summed E-state index contributed by atoms with van der Waals surface area (Å²) in [7, 11) is 0. The van der Waals surface area contributed by atoms with Crippen LogP contribution in [0.25, 0.3) is 5.65 Å². The van der Waals surface area contributed by atoms with Crippen molar-refractivity contribution < 1.29 is 4.79 Å². The number of rotatable bonds is 1. The van der Waals surface area contributed by atoms with Crippen molar-refractivity contribution in [2.24, 2.45) is 0 Å². The first kappa shape index (κ1) is 16.5. The maximum Gasteiger partial charge on any atom is 0.270 e. The van der Waals surface area contributed by atoms with Crippen LogP contribution >= 0.6 is 12.4 Å². The molecule has 0 spiro atoms. The maximum absolute atomic E-state index is 12.6. The lowest BCUT2D eigenvalue weighted by atomic mass is 10.1. The van der Waals surface area contributed by atoms with E-state index in [2.05, 4.69) is 10.3 Å². The van der Waals surface area contributed by atoms with E-state index in [0.29, 0.717) is 12.2 Å². The molecule has 6 nitrogen and oxygen atoms in total. The van der Waals surface area contributed by atoms with Gasteiger partial charge in [-0.1, -0.05) is 0 Å². The van der Waals surface area contributed by atoms with Crippen LogP contribution in [0.2, 0.25) is 0 Å². The highest BCUT2D eigenvalue weighted by atomic mass is 35.5. The van der Waals surface area contributed by atoms with Gasteiger partial charge in [0, 0.05) is 38.1 Å². The van der Waals surface area contributed by atoms with Crippen molar-refractivity contribution in [2.45, 2.75) is 19.9 Å². The third-order valence-electron chi connectivity index (χ3n) is 3.86. The minimum absolute atomic E-state index is 0. The number of fused-ring (bicyclic) bond motifs is 1. The van der Waals surface area contributed by atoms with Crippen LogP contribution in [-0.4, -0.2) is 45.9 Å². The highest BCUT2D eigenvalue weighted by Gasteiger charge is 2.26.